The van der Waals surface area contributed by atoms with E-state index >= 15 is 0 Å². The van der Waals surface area contributed by atoms with Gasteiger partial charge in [-0.2, -0.15) is 0 Å². The van der Waals surface area contributed by atoms with Crippen molar-refractivity contribution in [2.45, 2.75) is 0 Å². The minimum atomic E-state index is 0.869. The quantitative estimate of drug-likeness (QED) is 0.158. The van der Waals surface area contributed by atoms with Gasteiger partial charge < -0.3 is 9.32 Å². The van der Waals surface area contributed by atoms with Crippen molar-refractivity contribution in [3.05, 3.63) is 206 Å². The van der Waals surface area contributed by atoms with Crippen LogP contribution in [0.4, 0.5) is 17.1 Å². The van der Waals surface area contributed by atoms with Crippen LogP contribution in [0.15, 0.2) is 211 Å². The van der Waals surface area contributed by atoms with Crippen molar-refractivity contribution >= 4 is 92.9 Å². The van der Waals surface area contributed by atoms with Gasteiger partial charge >= 0.3 is 0 Å². The van der Waals surface area contributed by atoms with E-state index in [4.69, 9.17) is 9.40 Å². The summed E-state index contributed by atoms with van der Waals surface area (Å²) in [6, 6.07) is 74.0. The Kier molecular flexibility index (Phi) is 7.72. The Morgan fingerprint density at radius 3 is 1.88 bits per heavy atom. The van der Waals surface area contributed by atoms with E-state index in [9.17, 15) is 0 Å². The highest BCUT2D eigenvalue weighted by molar-refractivity contribution is 7.22. The molecule has 0 spiro atoms. The largest absolute Gasteiger partial charge is 0.456 e. The number of thiazole rings is 1. The van der Waals surface area contributed by atoms with Crippen molar-refractivity contribution in [3.8, 4) is 32.8 Å². The van der Waals surface area contributed by atoms with Crippen LogP contribution in [0.3, 0.4) is 0 Å². The molecule has 0 amide bonds. The maximum Gasteiger partial charge on any atom is 0.137 e. The highest BCUT2D eigenvalue weighted by Gasteiger charge is 2.17. The van der Waals surface area contributed by atoms with Gasteiger partial charge in [0.1, 0.15) is 16.2 Å². The summed E-state index contributed by atoms with van der Waals surface area (Å²) < 4.78 is 7.62. The van der Waals surface area contributed by atoms with Crippen molar-refractivity contribution in [2.75, 3.05) is 4.90 Å². The Morgan fingerprint density at radius 1 is 0.390 bits per heavy atom. The van der Waals surface area contributed by atoms with Crippen molar-refractivity contribution in [2.24, 2.45) is 0 Å². The monoisotopic (exact) mass is 770 g/mol. The van der Waals surface area contributed by atoms with Crippen molar-refractivity contribution < 1.29 is 4.42 Å². The Morgan fingerprint density at radius 2 is 1.03 bits per heavy atom. The Hall–Kier alpha value is -7.53. The zero-order valence-electron chi connectivity index (χ0n) is 31.8. The molecule has 0 aliphatic carbocycles. The first kappa shape index (κ1) is 33.6. The van der Waals surface area contributed by atoms with Gasteiger partial charge in [-0.1, -0.05) is 146 Å². The van der Waals surface area contributed by atoms with E-state index in [1.54, 1.807) is 11.3 Å². The number of hydrogen-bond acceptors (Lipinski definition) is 4. The first-order valence-corrected chi connectivity index (χ1v) is 20.8. The van der Waals surface area contributed by atoms with E-state index in [2.05, 4.69) is 199 Å². The number of anilines is 3. The lowest BCUT2D eigenvalue weighted by Crippen LogP contribution is -2.09. The van der Waals surface area contributed by atoms with E-state index in [0.29, 0.717) is 0 Å². The van der Waals surface area contributed by atoms with Gasteiger partial charge in [0.25, 0.3) is 0 Å². The summed E-state index contributed by atoms with van der Waals surface area (Å²) in [5.41, 5.74) is 11.9. The molecular weight excluding hydrogens is 737 g/mol. The minimum absolute atomic E-state index is 0.869. The average Bonchev–Trinajstić information content (AvgIpc) is 3.91. The number of hydrogen-bond donors (Lipinski definition) is 0. The molecule has 10 aromatic carbocycles. The fraction of sp³-hybridized carbons (Fsp3) is 0. The lowest BCUT2D eigenvalue weighted by atomic mass is 9.97. The fourth-order valence-corrected chi connectivity index (χ4v) is 9.93. The average molecular weight is 771 g/mol. The second-order valence-corrected chi connectivity index (χ2v) is 16.1. The molecule has 0 aliphatic rings. The van der Waals surface area contributed by atoms with E-state index in [-0.39, 0.29) is 0 Å². The van der Waals surface area contributed by atoms with Gasteiger partial charge in [0.2, 0.25) is 0 Å². The molecule has 12 rings (SSSR count). The van der Waals surface area contributed by atoms with Gasteiger partial charge in [-0.3, -0.25) is 0 Å². The minimum Gasteiger partial charge on any atom is -0.456 e. The molecule has 276 valence electrons. The molecule has 0 fully saturated rings. The predicted octanol–water partition coefficient (Wildman–Crippen LogP) is 16.1. The molecule has 0 saturated carbocycles. The van der Waals surface area contributed by atoms with Crippen LogP contribution < -0.4 is 4.90 Å². The summed E-state index contributed by atoms with van der Waals surface area (Å²) >= 11 is 1.78. The molecular formula is C55H34N2OS. The van der Waals surface area contributed by atoms with Crippen molar-refractivity contribution in [1.29, 1.82) is 0 Å². The predicted molar refractivity (Wildman–Crippen MR) is 250 cm³/mol. The molecule has 0 unspecified atom stereocenters. The molecule has 0 bridgehead atoms. The third-order valence-corrected chi connectivity index (χ3v) is 12.8. The lowest BCUT2D eigenvalue weighted by molar-refractivity contribution is 0.669. The van der Waals surface area contributed by atoms with Gasteiger partial charge in [-0.05, 0) is 104 Å². The molecule has 59 heavy (non-hydrogen) atoms. The normalized spacial score (nSPS) is 11.7. The van der Waals surface area contributed by atoms with Crippen LogP contribution in [0, 0.1) is 0 Å². The number of nitrogens with zero attached hydrogens (tertiary/aromatic N) is 2. The summed E-state index contributed by atoms with van der Waals surface area (Å²) in [5, 5.41) is 10.7. The number of aromatic nitrogens is 1. The molecule has 0 N–H and O–H groups in total. The summed E-state index contributed by atoms with van der Waals surface area (Å²) in [6.07, 6.45) is 0. The van der Waals surface area contributed by atoms with Crippen LogP contribution in [0.5, 0.6) is 0 Å². The zero-order chi connectivity index (χ0) is 38.9. The van der Waals surface area contributed by atoms with E-state index in [1.165, 1.54) is 53.7 Å². The van der Waals surface area contributed by atoms with Crippen LogP contribution in [0.2, 0.25) is 0 Å². The van der Waals surface area contributed by atoms with Crippen molar-refractivity contribution in [1.82, 2.24) is 4.98 Å². The lowest BCUT2D eigenvalue weighted by Gasteiger charge is -2.26. The van der Waals surface area contributed by atoms with E-state index < -0.39 is 0 Å². The second-order valence-electron chi connectivity index (χ2n) is 15.1. The van der Waals surface area contributed by atoms with Gasteiger partial charge in [0.05, 0.1) is 10.2 Å². The van der Waals surface area contributed by atoms with Gasteiger partial charge in [0, 0.05) is 44.9 Å². The van der Waals surface area contributed by atoms with Crippen LogP contribution in [0.1, 0.15) is 0 Å². The number of furan rings is 1. The van der Waals surface area contributed by atoms with E-state index in [0.717, 1.165) is 60.7 Å². The van der Waals surface area contributed by atoms with Crippen LogP contribution in [0.25, 0.3) is 97.3 Å². The number of benzene rings is 10. The fourth-order valence-electron chi connectivity index (χ4n) is 8.79. The van der Waals surface area contributed by atoms with Crippen LogP contribution in [-0.2, 0) is 0 Å². The van der Waals surface area contributed by atoms with Crippen LogP contribution in [-0.4, -0.2) is 4.98 Å². The SMILES string of the molecule is c1ccc(-c2nc3ccc4ccc5cc(-c6ccc(N(c7ccc(-c8cccc9ccccc89)cc7)c7ccc8c(c7)oc7ccccc78)cc6)ccc5c4c3s2)cc1. The highest BCUT2D eigenvalue weighted by Crippen LogP contribution is 2.42. The number of fused-ring (bicyclic) bond motifs is 9. The second kappa shape index (κ2) is 13.6. The molecule has 0 saturated heterocycles. The summed E-state index contributed by atoms with van der Waals surface area (Å²) in [6.45, 7) is 0. The molecule has 2 aromatic heterocycles. The first-order valence-electron chi connectivity index (χ1n) is 19.9. The summed E-state index contributed by atoms with van der Waals surface area (Å²) in [4.78, 5) is 7.35. The van der Waals surface area contributed by atoms with E-state index in [1.807, 2.05) is 12.1 Å². The summed E-state index contributed by atoms with van der Waals surface area (Å²) in [7, 11) is 0. The Balaban J connectivity index is 0.936. The van der Waals surface area contributed by atoms with Gasteiger partial charge in [0.15, 0.2) is 0 Å². The smallest absolute Gasteiger partial charge is 0.137 e. The van der Waals surface area contributed by atoms with Crippen LogP contribution >= 0.6 is 11.3 Å². The maximum absolute atomic E-state index is 6.39. The molecule has 0 atom stereocenters. The highest BCUT2D eigenvalue weighted by atomic mass is 32.1. The topological polar surface area (TPSA) is 29.3 Å². The number of para-hydroxylation sites is 1. The number of rotatable bonds is 6. The maximum atomic E-state index is 6.39. The van der Waals surface area contributed by atoms with Crippen molar-refractivity contribution in [3.63, 3.8) is 0 Å². The third-order valence-electron chi connectivity index (χ3n) is 11.7. The molecule has 3 nitrogen and oxygen atoms in total. The molecule has 12 aromatic rings. The molecule has 0 aliphatic heterocycles. The molecule has 0 radical (unpaired) electrons. The molecule has 2 heterocycles. The zero-order valence-corrected chi connectivity index (χ0v) is 32.7. The Bertz CT molecular complexity index is 3540. The standard InChI is InChI=1S/C55H34N2OS/c1-2-10-39(11-3-1)55-56-50-32-24-38-17-18-41-33-40(23-30-47(41)53(38)54(50)59-55)35-19-25-42(26-20-35)57(44-29-31-49-48-14-6-7-16-51(48)58-52(49)34-44)43-27-21-37(22-28-43)46-15-8-12-36-9-4-5-13-45(36)46/h1-34H. The van der Waals surface area contributed by atoms with Gasteiger partial charge in [-0.15, -0.1) is 11.3 Å². The molecule has 4 heteroatoms. The summed E-state index contributed by atoms with van der Waals surface area (Å²) in [5.74, 6) is 0. The Labute approximate surface area is 344 Å². The first-order chi connectivity index (χ1) is 29.2. The van der Waals surface area contributed by atoms with Gasteiger partial charge in [-0.25, -0.2) is 4.98 Å². The third kappa shape index (κ3) is 5.68.